The molecule has 1 fully saturated rings. The number of para-hydroxylation sites is 1. The van der Waals surface area contributed by atoms with E-state index >= 15 is 0 Å². The van der Waals surface area contributed by atoms with Crippen LogP contribution in [-0.4, -0.2) is 24.7 Å². The van der Waals surface area contributed by atoms with E-state index in [1.54, 1.807) is 7.11 Å². The van der Waals surface area contributed by atoms with Crippen molar-refractivity contribution in [2.24, 2.45) is 5.92 Å². The summed E-state index contributed by atoms with van der Waals surface area (Å²) in [5.41, 5.74) is 0.707. The Hall–Kier alpha value is -1.55. The lowest BCUT2D eigenvalue weighted by atomic mass is 9.88. The van der Waals surface area contributed by atoms with E-state index < -0.39 is 6.10 Å². The molecule has 0 aliphatic heterocycles. The van der Waals surface area contributed by atoms with Crippen molar-refractivity contribution in [1.82, 2.24) is 5.32 Å². The van der Waals surface area contributed by atoms with Crippen LogP contribution in [0.2, 0.25) is 0 Å². The largest absolute Gasteiger partial charge is 0.496 e. The van der Waals surface area contributed by atoms with Crippen molar-refractivity contribution in [3.63, 3.8) is 0 Å². The van der Waals surface area contributed by atoms with Gasteiger partial charge >= 0.3 is 0 Å². The van der Waals surface area contributed by atoms with Gasteiger partial charge in [-0.05, 0) is 18.9 Å². The maximum atomic E-state index is 12.0. The Morgan fingerprint density at radius 3 is 2.75 bits per heavy atom. The highest BCUT2D eigenvalue weighted by Crippen LogP contribution is 2.25. The Labute approximate surface area is 120 Å². The van der Waals surface area contributed by atoms with E-state index in [2.05, 4.69) is 5.32 Å². The molecule has 0 saturated heterocycles. The number of aliphatic hydroxyl groups is 1. The quantitative estimate of drug-likeness (QED) is 0.869. The van der Waals surface area contributed by atoms with Crippen LogP contribution in [0.15, 0.2) is 24.3 Å². The van der Waals surface area contributed by atoms with Gasteiger partial charge in [0, 0.05) is 18.0 Å². The first kappa shape index (κ1) is 14.9. The first-order valence-corrected chi connectivity index (χ1v) is 7.31. The fourth-order valence-corrected chi connectivity index (χ4v) is 2.76. The van der Waals surface area contributed by atoms with Crippen LogP contribution in [0.25, 0.3) is 0 Å². The molecule has 1 aromatic rings. The lowest BCUT2D eigenvalue weighted by Gasteiger charge is -2.22. The number of ether oxygens (including phenoxy) is 1. The Balaban J connectivity index is 1.88. The Morgan fingerprint density at radius 2 is 2.05 bits per heavy atom. The predicted octanol–water partition coefficient (Wildman–Crippen LogP) is 2.43. The molecule has 0 radical (unpaired) electrons. The first-order chi connectivity index (χ1) is 9.72. The molecule has 1 aliphatic carbocycles. The van der Waals surface area contributed by atoms with Crippen LogP contribution < -0.4 is 10.1 Å². The number of carbonyl (C=O) groups is 1. The van der Waals surface area contributed by atoms with Gasteiger partial charge < -0.3 is 15.2 Å². The average Bonchev–Trinajstić information content (AvgIpc) is 2.53. The second-order valence-electron chi connectivity index (χ2n) is 5.34. The maximum Gasteiger partial charge on any atom is 0.223 e. The van der Waals surface area contributed by atoms with Gasteiger partial charge in [0.15, 0.2) is 0 Å². The van der Waals surface area contributed by atoms with Gasteiger partial charge in [-0.2, -0.15) is 0 Å². The molecular formula is C16H23NO3. The second kappa shape index (κ2) is 7.29. The van der Waals surface area contributed by atoms with Crippen molar-refractivity contribution in [2.75, 3.05) is 13.7 Å². The van der Waals surface area contributed by atoms with E-state index in [-0.39, 0.29) is 18.4 Å². The van der Waals surface area contributed by atoms with Gasteiger partial charge in [0.1, 0.15) is 5.75 Å². The third kappa shape index (κ3) is 3.73. The molecule has 1 atom stereocenters. The van der Waals surface area contributed by atoms with Crippen molar-refractivity contribution in [1.29, 1.82) is 0 Å². The van der Waals surface area contributed by atoms with Gasteiger partial charge in [0.05, 0.1) is 13.2 Å². The van der Waals surface area contributed by atoms with Crippen LogP contribution in [0.4, 0.5) is 0 Å². The van der Waals surface area contributed by atoms with Crippen LogP contribution in [0.5, 0.6) is 5.75 Å². The van der Waals surface area contributed by atoms with Crippen LogP contribution in [0.3, 0.4) is 0 Å². The minimum atomic E-state index is -0.737. The fourth-order valence-electron chi connectivity index (χ4n) is 2.76. The zero-order chi connectivity index (χ0) is 14.4. The van der Waals surface area contributed by atoms with Gasteiger partial charge in [-0.1, -0.05) is 37.5 Å². The molecular weight excluding hydrogens is 254 g/mol. The van der Waals surface area contributed by atoms with Crippen molar-refractivity contribution in [3.8, 4) is 5.75 Å². The van der Waals surface area contributed by atoms with Crippen molar-refractivity contribution < 1.29 is 14.6 Å². The highest BCUT2D eigenvalue weighted by molar-refractivity contribution is 5.78. The number of hydrogen-bond acceptors (Lipinski definition) is 3. The van der Waals surface area contributed by atoms with E-state index in [0.29, 0.717) is 11.3 Å². The summed E-state index contributed by atoms with van der Waals surface area (Å²) in [6.07, 6.45) is 4.69. The molecule has 0 bridgehead atoms. The molecule has 1 saturated carbocycles. The van der Waals surface area contributed by atoms with E-state index in [0.717, 1.165) is 25.7 Å². The third-order valence-corrected chi connectivity index (χ3v) is 3.94. The molecule has 0 heterocycles. The van der Waals surface area contributed by atoms with Crippen molar-refractivity contribution in [3.05, 3.63) is 29.8 Å². The normalized spacial score (nSPS) is 17.5. The van der Waals surface area contributed by atoms with Gasteiger partial charge in [-0.25, -0.2) is 0 Å². The molecule has 1 amide bonds. The summed E-state index contributed by atoms with van der Waals surface area (Å²) in [5, 5.41) is 13.0. The van der Waals surface area contributed by atoms with Gasteiger partial charge in [0.2, 0.25) is 5.91 Å². The summed E-state index contributed by atoms with van der Waals surface area (Å²) in [5.74, 6) is 0.833. The molecule has 1 aliphatic rings. The molecule has 1 unspecified atom stereocenters. The molecule has 0 aromatic heterocycles. The van der Waals surface area contributed by atoms with E-state index in [1.807, 2.05) is 24.3 Å². The van der Waals surface area contributed by atoms with Gasteiger partial charge in [0.25, 0.3) is 0 Å². The minimum absolute atomic E-state index is 0.0682. The van der Waals surface area contributed by atoms with Crippen LogP contribution in [0.1, 0.15) is 43.8 Å². The first-order valence-electron chi connectivity index (χ1n) is 7.31. The number of hydrogen-bond donors (Lipinski definition) is 2. The number of methoxy groups -OCH3 is 1. The summed E-state index contributed by atoms with van der Waals surface area (Å²) >= 11 is 0. The number of aliphatic hydroxyl groups excluding tert-OH is 1. The lowest BCUT2D eigenvalue weighted by molar-refractivity contribution is -0.126. The van der Waals surface area contributed by atoms with Crippen molar-refractivity contribution in [2.45, 2.75) is 38.2 Å². The van der Waals surface area contributed by atoms with E-state index in [1.165, 1.54) is 6.42 Å². The summed E-state index contributed by atoms with van der Waals surface area (Å²) in [4.78, 5) is 12.0. The summed E-state index contributed by atoms with van der Waals surface area (Å²) in [6.45, 7) is 0.232. The summed E-state index contributed by atoms with van der Waals surface area (Å²) < 4.78 is 5.22. The zero-order valence-electron chi connectivity index (χ0n) is 12.0. The zero-order valence-corrected chi connectivity index (χ0v) is 12.0. The number of nitrogens with one attached hydrogen (secondary N) is 1. The van der Waals surface area contributed by atoms with E-state index in [9.17, 15) is 9.90 Å². The monoisotopic (exact) mass is 277 g/mol. The maximum absolute atomic E-state index is 12.0. The third-order valence-electron chi connectivity index (χ3n) is 3.94. The summed E-state index contributed by atoms with van der Waals surface area (Å²) in [7, 11) is 1.58. The van der Waals surface area contributed by atoms with Crippen LogP contribution in [-0.2, 0) is 4.79 Å². The Morgan fingerprint density at radius 1 is 1.35 bits per heavy atom. The van der Waals surface area contributed by atoms with Gasteiger partial charge in [-0.15, -0.1) is 0 Å². The number of amides is 1. The molecule has 2 rings (SSSR count). The molecule has 1 aromatic carbocycles. The second-order valence-corrected chi connectivity index (χ2v) is 5.34. The predicted molar refractivity (Wildman–Crippen MR) is 77.5 cm³/mol. The molecule has 4 heteroatoms. The average molecular weight is 277 g/mol. The molecule has 4 nitrogen and oxygen atoms in total. The number of benzene rings is 1. The molecule has 20 heavy (non-hydrogen) atoms. The molecule has 0 spiro atoms. The molecule has 2 N–H and O–H groups in total. The van der Waals surface area contributed by atoms with Crippen molar-refractivity contribution >= 4 is 5.91 Å². The Kier molecular flexibility index (Phi) is 5.41. The highest BCUT2D eigenvalue weighted by Gasteiger charge is 2.22. The van der Waals surface area contributed by atoms with E-state index in [4.69, 9.17) is 4.74 Å². The Bertz CT molecular complexity index is 441. The van der Waals surface area contributed by atoms with Crippen LogP contribution >= 0.6 is 0 Å². The number of rotatable bonds is 5. The van der Waals surface area contributed by atoms with Crippen LogP contribution in [0, 0.1) is 5.92 Å². The molecule has 110 valence electrons. The topological polar surface area (TPSA) is 58.6 Å². The fraction of sp³-hybridized carbons (Fsp3) is 0.562. The number of carbonyl (C=O) groups excluding carboxylic acids is 1. The highest BCUT2D eigenvalue weighted by atomic mass is 16.5. The smallest absolute Gasteiger partial charge is 0.223 e. The summed E-state index contributed by atoms with van der Waals surface area (Å²) in [6, 6.07) is 7.33. The minimum Gasteiger partial charge on any atom is -0.496 e. The SMILES string of the molecule is COc1ccccc1C(O)CNC(=O)C1CCCCC1. The van der Waals surface area contributed by atoms with Gasteiger partial charge in [-0.3, -0.25) is 4.79 Å². The standard InChI is InChI=1S/C16H23NO3/c1-20-15-10-6-5-9-13(15)14(18)11-17-16(19)12-7-3-2-4-8-12/h5-6,9-10,12,14,18H,2-4,7-8,11H2,1H3,(H,17,19). The lowest BCUT2D eigenvalue weighted by Crippen LogP contribution is -2.34.